The summed E-state index contributed by atoms with van der Waals surface area (Å²) >= 11 is 0. The standard InChI is InChI=1S/C14H24N4O.2ClH/c1-11(18-9-5-8-17-18)13(19)16-10-12-14(2,3)6-4-7-15-12;;/h5,8-9,11-12,15H,4,6-7,10H2,1-3H3,(H,16,19);2*1H. The van der Waals surface area contributed by atoms with Crippen molar-refractivity contribution in [2.24, 2.45) is 5.41 Å². The van der Waals surface area contributed by atoms with Gasteiger partial charge in [0, 0.05) is 25.0 Å². The van der Waals surface area contributed by atoms with Crippen LogP contribution in [0.15, 0.2) is 18.5 Å². The fourth-order valence-corrected chi connectivity index (χ4v) is 2.60. The minimum Gasteiger partial charge on any atom is -0.353 e. The molecule has 1 aliphatic heterocycles. The number of amides is 1. The smallest absolute Gasteiger partial charge is 0.244 e. The molecule has 2 rings (SSSR count). The van der Waals surface area contributed by atoms with E-state index in [4.69, 9.17) is 0 Å². The van der Waals surface area contributed by atoms with Gasteiger partial charge < -0.3 is 10.6 Å². The van der Waals surface area contributed by atoms with Crippen molar-refractivity contribution in [3.05, 3.63) is 18.5 Å². The second-order valence-corrected chi connectivity index (χ2v) is 6.01. The van der Waals surface area contributed by atoms with Crippen LogP contribution in [0, 0.1) is 5.41 Å². The van der Waals surface area contributed by atoms with Crippen LogP contribution in [0.2, 0.25) is 0 Å². The summed E-state index contributed by atoms with van der Waals surface area (Å²) in [6.45, 7) is 8.09. The summed E-state index contributed by atoms with van der Waals surface area (Å²) in [7, 11) is 0. The third-order valence-electron chi connectivity index (χ3n) is 4.11. The van der Waals surface area contributed by atoms with E-state index in [0.29, 0.717) is 12.6 Å². The first-order chi connectivity index (χ1) is 9.00. The molecule has 2 atom stereocenters. The second kappa shape index (κ2) is 8.61. The second-order valence-electron chi connectivity index (χ2n) is 6.01. The molecule has 2 heterocycles. The normalized spacial score (nSPS) is 21.6. The van der Waals surface area contributed by atoms with Crippen molar-refractivity contribution < 1.29 is 4.79 Å². The van der Waals surface area contributed by atoms with E-state index in [1.54, 1.807) is 10.9 Å². The van der Waals surface area contributed by atoms with Crippen LogP contribution in [0.5, 0.6) is 0 Å². The quantitative estimate of drug-likeness (QED) is 0.885. The van der Waals surface area contributed by atoms with Crippen LogP contribution in [0.4, 0.5) is 0 Å². The average Bonchev–Trinajstić information content (AvgIpc) is 2.89. The van der Waals surface area contributed by atoms with Gasteiger partial charge in [-0.3, -0.25) is 9.48 Å². The lowest BCUT2D eigenvalue weighted by Crippen LogP contribution is -2.53. The third kappa shape index (κ3) is 5.16. The van der Waals surface area contributed by atoms with Crippen LogP contribution in [-0.2, 0) is 4.79 Å². The van der Waals surface area contributed by atoms with Gasteiger partial charge in [0.1, 0.15) is 6.04 Å². The van der Waals surface area contributed by atoms with Crippen LogP contribution in [0.25, 0.3) is 0 Å². The van der Waals surface area contributed by atoms with E-state index in [2.05, 4.69) is 29.6 Å². The molecule has 5 nitrogen and oxygen atoms in total. The van der Waals surface area contributed by atoms with Gasteiger partial charge in [0.2, 0.25) is 5.91 Å². The van der Waals surface area contributed by atoms with Crippen molar-refractivity contribution in [3.63, 3.8) is 0 Å². The summed E-state index contributed by atoms with van der Waals surface area (Å²) < 4.78 is 1.68. The van der Waals surface area contributed by atoms with Gasteiger partial charge in [-0.1, -0.05) is 13.8 Å². The number of nitrogens with one attached hydrogen (secondary N) is 2. The minimum absolute atomic E-state index is 0. The monoisotopic (exact) mass is 336 g/mol. The molecule has 2 N–H and O–H groups in total. The van der Waals surface area contributed by atoms with Crippen LogP contribution in [0.3, 0.4) is 0 Å². The van der Waals surface area contributed by atoms with Gasteiger partial charge in [0.15, 0.2) is 0 Å². The number of hydrogen-bond donors (Lipinski definition) is 2. The Hall–Kier alpha value is -0.780. The summed E-state index contributed by atoms with van der Waals surface area (Å²) in [4.78, 5) is 12.1. The highest BCUT2D eigenvalue weighted by Gasteiger charge is 2.32. The van der Waals surface area contributed by atoms with E-state index < -0.39 is 0 Å². The van der Waals surface area contributed by atoms with Gasteiger partial charge in [-0.25, -0.2) is 0 Å². The zero-order valence-electron chi connectivity index (χ0n) is 12.8. The van der Waals surface area contributed by atoms with E-state index in [0.717, 1.165) is 6.54 Å². The van der Waals surface area contributed by atoms with E-state index in [9.17, 15) is 4.79 Å². The molecule has 1 fully saturated rings. The van der Waals surface area contributed by atoms with Crippen molar-refractivity contribution in [2.75, 3.05) is 13.1 Å². The molecule has 1 aromatic rings. The molecule has 0 aromatic carbocycles. The summed E-state index contributed by atoms with van der Waals surface area (Å²) in [5.74, 6) is 0.0203. The van der Waals surface area contributed by atoms with E-state index in [1.807, 2.05) is 19.2 Å². The predicted molar refractivity (Wildman–Crippen MR) is 89.2 cm³/mol. The molecule has 122 valence electrons. The number of aromatic nitrogens is 2. The number of rotatable bonds is 4. The number of halogens is 2. The molecule has 1 saturated heterocycles. The van der Waals surface area contributed by atoms with Crippen LogP contribution in [0.1, 0.15) is 39.7 Å². The lowest BCUT2D eigenvalue weighted by atomic mass is 9.77. The first kappa shape index (κ1) is 20.2. The van der Waals surface area contributed by atoms with E-state index in [1.165, 1.54) is 12.8 Å². The van der Waals surface area contributed by atoms with Gasteiger partial charge in [0.05, 0.1) is 0 Å². The molecule has 1 aromatic heterocycles. The van der Waals surface area contributed by atoms with Gasteiger partial charge in [-0.2, -0.15) is 5.10 Å². The van der Waals surface area contributed by atoms with Crippen LogP contribution in [-0.4, -0.2) is 34.8 Å². The molecular formula is C14H26Cl2N4O. The van der Waals surface area contributed by atoms with E-state index >= 15 is 0 Å². The molecule has 2 unspecified atom stereocenters. The molecule has 0 radical (unpaired) electrons. The van der Waals surface area contributed by atoms with Gasteiger partial charge in [-0.05, 0) is 37.8 Å². The molecule has 0 aliphatic carbocycles. The van der Waals surface area contributed by atoms with Crippen LogP contribution < -0.4 is 10.6 Å². The molecule has 1 aliphatic rings. The molecular weight excluding hydrogens is 311 g/mol. The topological polar surface area (TPSA) is 59.0 Å². The highest BCUT2D eigenvalue weighted by molar-refractivity contribution is 5.85. The lowest BCUT2D eigenvalue weighted by Gasteiger charge is -2.39. The Morgan fingerprint density at radius 2 is 2.24 bits per heavy atom. The largest absolute Gasteiger partial charge is 0.353 e. The lowest BCUT2D eigenvalue weighted by molar-refractivity contribution is -0.124. The summed E-state index contributed by atoms with van der Waals surface area (Å²) in [6.07, 6.45) is 5.92. The zero-order valence-corrected chi connectivity index (χ0v) is 14.5. The molecule has 0 bridgehead atoms. The predicted octanol–water partition coefficient (Wildman–Crippen LogP) is 2.18. The zero-order chi connectivity index (χ0) is 13.9. The Balaban J connectivity index is 0.00000200. The molecule has 7 heteroatoms. The fourth-order valence-electron chi connectivity index (χ4n) is 2.60. The Morgan fingerprint density at radius 1 is 1.52 bits per heavy atom. The van der Waals surface area contributed by atoms with Crippen molar-refractivity contribution in [2.45, 2.75) is 45.7 Å². The number of carbonyl (C=O) groups is 1. The maximum absolute atomic E-state index is 12.1. The first-order valence-corrected chi connectivity index (χ1v) is 7.01. The van der Waals surface area contributed by atoms with Gasteiger partial charge >= 0.3 is 0 Å². The molecule has 0 spiro atoms. The Morgan fingerprint density at radius 3 is 2.81 bits per heavy atom. The summed E-state index contributed by atoms with van der Waals surface area (Å²) in [6, 6.07) is 1.91. The third-order valence-corrected chi connectivity index (χ3v) is 4.11. The van der Waals surface area contributed by atoms with Crippen molar-refractivity contribution in [3.8, 4) is 0 Å². The fraction of sp³-hybridized carbons (Fsp3) is 0.714. The highest BCUT2D eigenvalue weighted by Crippen LogP contribution is 2.29. The number of piperidine rings is 1. The average molecular weight is 337 g/mol. The highest BCUT2D eigenvalue weighted by atomic mass is 35.5. The van der Waals surface area contributed by atoms with Crippen molar-refractivity contribution in [1.82, 2.24) is 20.4 Å². The Kier molecular flexibility index (Phi) is 8.29. The minimum atomic E-state index is -0.262. The Labute approximate surface area is 139 Å². The van der Waals surface area contributed by atoms with E-state index in [-0.39, 0.29) is 42.2 Å². The molecule has 1 amide bonds. The maximum Gasteiger partial charge on any atom is 0.244 e. The number of nitrogens with zero attached hydrogens (tertiary/aromatic N) is 2. The van der Waals surface area contributed by atoms with Crippen molar-refractivity contribution in [1.29, 1.82) is 0 Å². The van der Waals surface area contributed by atoms with Crippen molar-refractivity contribution >= 4 is 30.7 Å². The van der Waals surface area contributed by atoms with Crippen LogP contribution >= 0.6 is 24.8 Å². The SMILES string of the molecule is CC(C(=O)NCC1NCCCC1(C)C)n1cccn1.Cl.Cl. The number of hydrogen-bond acceptors (Lipinski definition) is 3. The number of carbonyl (C=O) groups excluding carboxylic acids is 1. The maximum atomic E-state index is 12.1. The van der Waals surface area contributed by atoms with Gasteiger partial charge in [0.25, 0.3) is 0 Å². The molecule has 21 heavy (non-hydrogen) atoms. The first-order valence-electron chi connectivity index (χ1n) is 7.01. The summed E-state index contributed by atoms with van der Waals surface area (Å²) in [5, 5.41) is 10.6. The summed E-state index contributed by atoms with van der Waals surface area (Å²) in [5.41, 5.74) is 0.237. The Bertz CT molecular complexity index is 423. The molecule has 0 saturated carbocycles. The van der Waals surface area contributed by atoms with Gasteiger partial charge in [-0.15, -0.1) is 24.8 Å².